The van der Waals surface area contributed by atoms with E-state index < -0.39 is 17.2 Å². The number of carboxylic acids is 1. The van der Waals surface area contributed by atoms with Crippen molar-refractivity contribution in [1.82, 2.24) is 0 Å². The van der Waals surface area contributed by atoms with Crippen LogP contribution in [0.2, 0.25) is 0 Å². The zero-order chi connectivity index (χ0) is 15.9. The summed E-state index contributed by atoms with van der Waals surface area (Å²) in [5.74, 6) is -1.50. The Morgan fingerprint density at radius 1 is 1.52 bits per heavy atom. The number of nitrogens with zero attached hydrogens (tertiary/aromatic N) is 1. The lowest BCUT2D eigenvalue weighted by molar-refractivity contribution is -0.131. The van der Waals surface area contributed by atoms with Gasteiger partial charge in [0.1, 0.15) is 0 Å². The van der Waals surface area contributed by atoms with Crippen LogP contribution in [0.1, 0.15) is 32.3 Å². The van der Waals surface area contributed by atoms with Crippen LogP contribution < -0.4 is 4.74 Å². The van der Waals surface area contributed by atoms with Crippen LogP contribution in [-0.4, -0.2) is 17.7 Å². The van der Waals surface area contributed by atoms with Crippen molar-refractivity contribution in [2.75, 3.05) is 6.61 Å². The van der Waals surface area contributed by atoms with Crippen LogP contribution in [0.25, 0.3) is 6.08 Å². The fraction of sp³-hybridized carbons (Fsp3) is 0.375. The molecule has 0 spiro atoms. The van der Waals surface area contributed by atoms with E-state index >= 15 is 0 Å². The van der Waals surface area contributed by atoms with Gasteiger partial charge in [0.25, 0.3) is 0 Å². The summed E-state index contributed by atoms with van der Waals surface area (Å²) in [5.41, 5.74) is 0.0424. The summed E-state index contributed by atoms with van der Waals surface area (Å²) >= 11 is 0. The van der Waals surface area contributed by atoms with Gasteiger partial charge in [0, 0.05) is 6.08 Å². The maximum absolute atomic E-state index is 13.7. The van der Waals surface area contributed by atoms with Gasteiger partial charge in [-0.05, 0) is 50.5 Å². The Morgan fingerprint density at radius 2 is 2.24 bits per heavy atom. The van der Waals surface area contributed by atoms with Crippen molar-refractivity contribution in [1.29, 1.82) is 5.26 Å². The molecule has 1 rings (SSSR count). The predicted molar refractivity (Wildman–Crippen MR) is 77.2 cm³/mol. The highest BCUT2D eigenvalue weighted by Crippen LogP contribution is 2.22. The Kier molecular flexibility index (Phi) is 5.92. The molecular weight excluding hydrogens is 273 g/mol. The minimum Gasteiger partial charge on any atom is -0.491 e. The lowest BCUT2D eigenvalue weighted by Gasteiger charge is -2.15. The van der Waals surface area contributed by atoms with Crippen molar-refractivity contribution in [3.05, 3.63) is 35.7 Å². The van der Waals surface area contributed by atoms with E-state index in [1.54, 1.807) is 6.07 Å². The smallest absolute Gasteiger partial charge is 0.328 e. The normalized spacial score (nSPS) is 11.3. The van der Waals surface area contributed by atoms with Gasteiger partial charge in [0.2, 0.25) is 0 Å². The second-order valence-electron chi connectivity index (χ2n) is 5.31. The van der Waals surface area contributed by atoms with E-state index in [0.717, 1.165) is 6.08 Å². The van der Waals surface area contributed by atoms with Crippen molar-refractivity contribution < 1.29 is 19.0 Å². The number of aliphatic carboxylic acids is 1. The Balaban J connectivity index is 2.54. The van der Waals surface area contributed by atoms with E-state index in [1.165, 1.54) is 18.2 Å². The third kappa shape index (κ3) is 6.09. The lowest BCUT2D eigenvalue weighted by atomic mass is 9.90. The van der Waals surface area contributed by atoms with E-state index in [1.807, 2.05) is 13.8 Å². The molecule has 0 radical (unpaired) electrons. The van der Waals surface area contributed by atoms with Gasteiger partial charge in [-0.1, -0.05) is 6.07 Å². The molecule has 0 unspecified atom stereocenters. The number of hydrogen-bond acceptors (Lipinski definition) is 3. The van der Waals surface area contributed by atoms with Gasteiger partial charge in [-0.2, -0.15) is 5.26 Å². The lowest BCUT2D eigenvalue weighted by Crippen LogP contribution is -2.10. The molecule has 0 saturated carbocycles. The highest BCUT2D eigenvalue weighted by atomic mass is 19.1. The molecule has 1 N–H and O–H groups in total. The van der Waals surface area contributed by atoms with Crippen LogP contribution in [0, 0.1) is 22.6 Å². The zero-order valence-electron chi connectivity index (χ0n) is 12.1. The quantitative estimate of drug-likeness (QED) is 0.615. The monoisotopic (exact) mass is 291 g/mol. The van der Waals surface area contributed by atoms with Crippen LogP contribution in [0.4, 0.5) is 4.39 Å². The first kappa shape index (κ1) is 16.7. The largest absolute Gasteiger partial charge is 0.491 e. The first-order valence-electron chi connectivity index (χ1n) is 6.59. The molecule has 0 amide bonds. The zero-order valence-corrected chi connectivity index (χ0v) is 12.1. The summed E-state index contributed by atoms with van der Waals surface area (Å²) in [4.78, 5) is 10.4. The van der Waals surface area contributed by atoms with E-state index in [-0.39, 0.29) is 5.75 Å². The van der Waals surface area contributed by atoms with Gasteiger partial charge in [-0.3, -0.25) is 0 Å². The second kappa shape index (κ2) is 7.44. The second-order valence-corrected chi connectivity index (χ2v) is 5.31. The number of carbonyl (C=O) groups is 1. The molecule has 0 bridgehead atoms. The molecule has 0 aliphatic rings. The highest BCUT2D eigenvalue weighted by Gasteiger charge is 2.15. The number of nitriles is 1. The van der Waals surface area contributed by atoms with Gasteiger partial charge >= 0.3 is 5.97 Å². The fourth-order valence-corrected chi connectivity index (χ4v) is 1.66. The van der Waals surface area contributed by atoms with E-state index in [4.69, 9.17) is 15.1 Å². The van der Waals surface area contributed by atoms with Crippen LogP contribution in [0.5, 0.6) is 5.75 Å². The van der Waals surface area contributed by atoms with E-state index in [9.17, 15) is 9.18 Å². The fourth-order valence-electron chi connectivity index (χ4n) is 1.66. The third-order valence-electron chi connectivity index (χ3n) is 2.88. The first-order chi connectivity index (χ1) is 9.84. The maximum atomic E-state index is 13.7. The van der Waals surface area contributed by atoms with Gasteiger partial charge in [-0.15, -0.1) is 0 Å². The number of hydrogen-bond donors (Lipinski definition) is 1. The number of ether oxygens (including phenoxy) is 1. The Hall–Kier alpha value is -2.35. The number of carboxylic acid groups (broad SMARTS) is 1. The molecule has 1 aromatic carbocycles. The topological polar surface area (TPSA) is 70.3 Å². The first-order valence-corrected chi connectivity index (χ1v) is 6.59. The summed E-state index contributed by atoms with van der Waals surface area (Å²) in [6, 6.07) is 6.46. The Labute approximate surface area is 123 Å². The molecule has 112 valence electrons. The van der Waals surface area contributed by atoms with Crippen LogP contribution in [0.15, 0.2) is 24.3 Å². The van der Waals surface area contributed by atoms with Crippen molar-refractivity contribution in [2.45, 2.75) is 26.7 Å². The molecule has 0 atom stereocenters. The molecule has 0 saturated heterocycles. The van der Waals surface area contributed by atoms with E-state index in [2.05, 4.69) is 6.07 Å². The van der Waals surface area contributed by atoms with Crippen molar-refractivity contribution in [3.63, 3.8) is 0 Å². The molecular formula is C16H18FNO3. The van der Waals surface area contributed by atoms with Crippen molar-refractivity contribution >= 4 is 12.0 Å². The minimum absolute atomic E-state index is 0.122. The van der Waals surface area contributed by atoms with Crippen LogP contribution in [0.3, 0.4) is 0 Å². The van der Waals surface area contributed by atoms with Gasteiger partial charge in [-0.25, -0.2) is 9.18 Å². The SMILES string of the molecule is CC(C)(C#N)CCCOc1ccc(/C=C/C(=O)O)cc1F. The average Bonchev–Trinajstić information content (AvgIpc) is 2.43. The maximum Gasteiger partial charge on any atom is 0.328 e. The van der Waals surface area contributed by atoms with Crippen LogP contribution >= 0.6 is 0 Å². The van der Waals surface area contributed by atoms with Gasteiger partial charge in [0.15, 0.2) is 11.6 Å². The van der Waals surface area contributed by atoms with Gasteiger partial charge < -0.3 is 9.84 Å². The molecule has 5 heteroatoms. The number of halogens is 1. The third-order valence-corrected chi connectivity index (χ3v) is 2.88. The van der Waals surface area contributed by atoms with Crippen molar-refractivity contribution in [3.8, 4) is 11.8 Å². The molecule has 0 fully saturated rings. The minimum atomic E-state index is -1.09. The predicted octanol–water partition coefficient (Wildman–Crippen LogP) is 3.63. The highest BCUT2D eigenvalue weighted by molar-refractivity contribution is 5.85. The summed E-state index contributed by atoms with van der Waals surface area (Å²) in [7, 11) is 0. The summed E-state index contributed by atoms with van der Waals surface area (Å²) in [6.07, 6.45) is 3.58. The molecule has 0 aliphatic heterocycles. The summed E-state index contributed by atoms with van der Waals surface area (Å²) in [5, 5.41) is 17.4. The summed E-state index contributed by atoms with van der Waals surface area (Å²) < 4.78 is 19.1. The molecule has 21 heavy (non-hydrogen) atoms. The average molecular weight is 291 g/mol. The molecule has 1 aromatic rings. The molecule has 4 nitrogen and oxygen atoms in total. The molecule has 0 aromatic heterocycles. The van der Waals surface area contributed by atoms with Crippen molar-refractivity contribution in [2.24, 2.45) is 5.41 Å². The Morgan fingerprint density at radius 3 is 2.81 bits per heavy atom. The number of rotatable bonds is 7. The van der Waals surface area contributed by atoms with Gasteiger partial charge in [0.05, 0.1) is 18.1 Å². The molecule has 0 aliphatic carbocycles. The standard InChI is InChI=1S/C16H18FNO3/c1-16(2,11-18)8-3-9-21-14-6-4-12(10-13(14)17)5-7-15(19)20/h4-7,10H,3,8-9H2,1-2H3,(H,19,20)/b7-5+. The molecule has 0 heterocycles. The van der Waals surface area contributed by atoms with E-state index in [0.29, 0.717) is 25.0 Å². The number of benzene rings is 1. The Bertz CT molecular complexity index is 573. The van der Waals surface area contributed by atoms with Crippen LogP contribution in [-0.2, 0) is 4.79 Å². The summed E-state index contributed by atoms with van der Waals surface area (Å²) in [6.45, 7) is 4.01.